The molecule has 8 aromatic rings. The molecule has 7 heteroatoms. The first-order valence-corrected chi connectivity index (χ1v) is 15.6. The predicted molar refractivity (Wildman–Crippen MR) is 186 cm³/mol. The van der Waals surface area contributed by atoms with Crippen LogP contribution >= 0.6 is 11.8 Å². The van der Waals surface area contributed by atoms with E-state index < -0.39 is 0 Å². The maximum absolute atomic E-state index is 10.8. The van der Waals surface area contributed by atoms with Crippen LogP contribution in [0.4, 0.5) is 0 Å². The van der Waals surface area contributed by atoms with Crippen LogP contribution in [-0.4, -0.2) is 30.3 Å². The van der Waals surface area contributed by atoms with Crippen LogP contribution in [0.3, 0.4) is 0 Å². The van der Waals surface area contributed by atoms with Gasteiger partial charge >= 0.3 is 0 Å². The Kier molecular flexibility index (Phi) is 7.74. The minimum Gasteiger partial charge on any atom is -0.507 e. The Hall–Kier alpha value is -5.79. The number of fused-ring (bicyclic) bond motifs is 3. The van der Waals surface area contributed by atoms with Crippen molar-refractivity contribution < 1.29 is 15.3 Å². The second kappa shape index (κ2) is 12.3. The number of phenols is 3. The Morgan fingerprint density at radius 1 is 0.543 bits per heavy atom. The maximum Gasteiger partial charge on any atom is 0.150 e. The minimum atomic E-state index is 0.183. The number of rotatable bonds is 4. The normalized spacial score (nSPS) is 11.1. The van der Waals surface area contributed by atoms with E-state index in [-0.39, 0.29) is 17.2 Å². The lowest BCUT2D eigenvalue weighted by Gasteiger charge is -2.13. The van der Waals surface area contributed by atoms with Gasteiger partial charge in [0.05, 0.1) is 22.2 Å². The summed E-state index contributed by atoms with van der Waals surface area (Å²) < 4.78 is 0. The number of benzene rings is 7. The van der Waals surface area contributed by atoms with E-state index in [0.29, 0.717) is 5.69 Å². The molecule has 0 spiro atoms. The van der Waals surface area contributed by atoms with Gasteiger partial charge in [0.2, 0.25) is 0 Å². The number of aryl methyl sites for hydroxylation is 1. The summed E-state index contributed by atoms with van der Waals surface area (Å²) in [6, 6.07) is 41.3. The maximum atomic E-state index is 10.8. The zero-order chi connectivity index (χ0) is 31.6. The molecule has 46 heavy (non-hydrogen) atoms. The molecule has 0 bridgehead atoms. The summed E-state index contributed by atoms with van der Waals surface area (Å²) in [4.78, 5) is 2.93. The molecule has 0 amide bonds. The van der Waals surface area contributed by atoms with E-state index in [4.69, 9.17) is 0 Å². The number of hydrogen-bond acceptors (Lipinski definition) is 6. The molecule has 1 heterocycles. The van der Waals surface area contributed by atoms with Crippen molar-refractivity contribution in [1.29, 1.82) is 0 Å². The largest absolute Gasteiger partial charge is 0.507 e. The van der Waals surface area contributed by atoms with Crippen molar-refractivity contribution in [3.8, 4) is 34.1 Å². The van der Waals surface area contributed by atoms with Gasteiger partial charge < -0.3 is 15.3 Å². The fourth-order valence-electron chi connectivity index (χ4n) is 5.66. The third-order valence-corrected chi connectivity index (χ3v) is 9.03. The third-order valence-electron chi connectivity index (χ3n) is 7.85. The zero-order valence-electron chi connectivity index (χ0n) is 24.9. The second-order valence-electron chi connectivity index (χ2n) is 10.9. The summed E-state index contributed by atoms with van der Waals surface area (Å²) in [6.07, 6.45) is 3.19. The van der Waals surface area contributed by atoms with Crippen LogP contribution in [-0.2, 0) is 0 Å². The van der Waals surface area contributed by atoms with E-state index in [1.54, 1.807) is 24.5 Å². The molecule has 0 saturated heterocycles. The summed E-state index contributed by atoms with van der Waals surface area (Å²) in [5.41, 5.74) is 3.41. The molecular formula is C39H29N3O3S. The highest BCUT2D eigenvalue weighted by atomic mass is 32.2. The van der Waals surface area contributed by atoms with Gasteiger partial charge in [-0.2, -0.15) is 10.2 Å². The molecule has 0 aliphatic carbocycles. The van der Waals surface area contributed by atoms with Crippen molar-refractivity contribution in [2.45, 2.75) is 16.7 Å². The van der Waals surface area contributed by atoms with Gasteiger partial charge in [-0.25, -0.2) is 0 Å². The molecule has 7 aromatic carbocycles. The molecule has 0 saturated carbocycles. The van der Waals surface area contributed by atoms with Crippen molar-refractivity contribution in [3.05, 3.63) is 145 Å². The first kappa shape index (κ1) is 29.0. The molecule has 3 N–H and O–H groups in total. The van der Waals surface area contributed by atoms with Crippen molar-refractivity contribution >= 4 is 44.1 Å². The molecule has 1 aromatic heterocycles. The molecule has 0 radical (unpaired) electrons. The number of hydrogen-bond donors (Lipinski definition) is 3. The Labute approximate surface area is 269 Å². The summed E-state index contributed by atoms with van der Waals surface area (Å²) >= 11 is 1.39. The molecule has 0 aliphatic rings. The first-order valence-electron chi connectivity index (χ1n) is 14.7. The lowest BCUT2D eigenvalue weighted by molar-refractivity contribution is 0.461. The van der Waals surface area contributed by atoms with Crippen LogP contribution in [0.2, 0.25) is 0 Å². The van der Waals surface area contributed by atoms with E-state index in [0.717, 1.165) is 58.8 Å². The first-order chi connectivity index (χ1) is 22.5. The van der Waals surface area contributed by atoms with Crippen LogP contribution in [0.15, 0.2) is 150 Å². The van der Waals surface area contributed by atoms with Crippen molar-refractivity contribution in [3.63, 3.8) is 0 Å². The molecule has 224 valence electrons. The van der Waals surface area contributed by atoms with Crippen LogP contribution in [0, 0.1) is 6.92 Å². The summed E-state index contributed by atoms with van der Waals surface area (Å²) in [5, 5.41) is 46.0. The fraction of sp³-hybridized carbons (Fsp3) is 0.0256. The summed E-state index contributed by atoms with van der Waals surface area (Å²) in [7, 11) is 0. The van der Waals surface area contributed by atoms with Gasteiger partial charge in [0.1, 0.15) is 17.2 Å². The number of aromatic nitrogens is 3. The fourth-order valence-corrected chi connectivity index (χ4v) is 6.69. The van der Waals surface area contributed by atoms with Gasteiger partial charge in [-0.1, -0.05) is 109 Å². The van der Waals surface area contributed by atoms with Crippen LogP contribution < -0.4 is 0 Å². The Morgan fingerprint density at radius 3 is 1.89 bits per heavy atom. The number of phenolic OH excluding ortho intramolecular Hbond substituents is 3. The highest BCUT2D eigenvalue weighted by Gasteiger charge is 2.15. The highest BCUT2D eigenvalue weighted by molar-refractivity contribution is 7.99. The van der Waals surface area contributed by atoms with E-state index in [1.165, 1.54) is 16.6 Å². The highest BCUT2D eigenvalue weighted by Crippen LogP contribution is 2.44. The van der Waals surface area contributed by atoms with Crippen molar-refractivity contribution in [2.75, 3.05) is 0 Å². The van der Waals surface area contributed by atoms with E-state index in [1.807, 2.05) is 104 Å². The molecule has 0 unspecified atom stereocenters. The lowest BCUT2D eigenvalue weighted by Crippen LogP contribution is -2.00. The standard InChI is InChI=1S/C20H14O2S.C19H15N3O/c21-17-10-9-13-5-3-4-8-16(13)20(17)23-19-12-15-7-2-1-6-14(15)11-18(19)22;1-13-11-17(19(23)18(12-13)22-20-9-10-21-22)16-8-4-6-14-5-2-3-7-15(14)16/h1-12,21-22H;2-12,23H,1H3. The van der Waals surface area contributed by atoms with Crippen molar-refractivity contribution in [1.82, 2.24) is 15.0 Å². The Morgan fingerprint density at radius 2 is 1.15 bits per heavy atom. The van der Waals surface area contributed by atoms with Gasteiger partial charge in [-0.05, 0) is 80.7 Å². The Bertz CT molecular complexity index is 2350. The van der Waals surface area contributed by atoms with Gasteiger partial charge in [-0.15, -0.1) is 4.80 Å². The summed E-state index contributed by atoms with van der Waals surface area (Å²) in [6.45, 7) is 2.00. The molecule has 0 aliphatic heterocycles. The topological polar surface area (TPSA) is 91.4 Å². The summed E-state index contributed by atoms with van der Waals surface area (Å²) in [5.74, 6) is 0.630. The third kappa shape index (κ3) is 5.60. The molecular weight excluding hydrogens is 591 g/mol. The van der Waals surface area contributed by atoms with Gasteiger partial charge in [0.25, 0.3) is 0 Å². The molecule has 8 rings (SSSR count). The molecule has 0 atom stereocenters. The number of nitrogens with zero attached hydrogens (tertiary/aromatic N) is 3. The molecule has 6 nitrogen and oxygen atoms in total. The van der Waals surface area contributed by atoms with Gasteiger partial charge in [-0.3, -0.25) is 0 Å². The smallest absolute Gasteiger partial charge is 0.150 e. The van der Waals surface area contributed by atoms with Crippen LogP contribution in [0.1, 0.15) is 5.56 Å². The molecule has 0 fully saturated rings. The predicted octanol–water partition coefficient (Wildman–Crippen LogP) is 9.66. The van der Waals surface area contributed by atoms with Gasteiger partial charge in [0, 0.05) is 5.56 Å². The van der Waals surface area contributed by atoms with E-state index >= 15 is 0 Å². The van der Waals surface area contributed by atoms with Crippen LogP contribution in [0.25, 0.3) is 49.1 Å². The SMILES string of the molecule is Cc1cc(-c2cccc3ccccc23)c(O)c(-n2nccn2)c1.Oc1cc2ccccc2cc1Sc1c(O)ccc2ccccc12. The monoisotopic (exact) mass is 619 g/mol. The van der Waals surface area contributed by atoms with E-state index in [2.05, 4.69) is 28.4 Å². The second-order valence-corrected chi connectivity index (χ2v) is 12.0. The zero-order valence-corrected chi connectivity index (χ0v) is 25.7. The average molecular weight is 620 g/mol. The lowest BCUT2D eigenvalue weighted by atomic mass is 9.96. The number of aromatic hydroxyl groups is 3. The van der Waals surface area contributed by atoms with Crippen LogP contribution in [0.5, 0.6) is 17.2 Å². The quantitative estimate of drug-likeness (QED) is 0.182. The minimum absolute atomic E-state index is 0.183. The Balaban J connectivity index is 0.000000147. The average Bonchev–Trinajstić information content (AvgIpc) is 3.62. The van der Waals surface area contributed by atoms with E-state index in [9.17, 15) is 15.3 Å². The van der Waals surface area contributed by atoms with Gasteiger partial charge in [0.15, 0.2) is 5.75 Å². The van der Waals surface area contributed by atoms with Crippen molar-refractivity contribution in [2.24, 2.45) is 0 Å².